The number of hydrogen-bond acceptors (Lipinski definition) is 3. The Morgan fingerprint density at radius 1 is 1.33 bits per heavy atom. The molecule has 0 bridgehead atoms. The Hall–Kier alpha value is -0.680. The topological polar surface area (TPSA) is 29.3 Å². The van der Waals surface area contributed by atoms with Crippen LogP contribution in [0.15, 0.2) is 45.6 Å². The predicted molar refractivity (Wildman–Crippen MR) is 81.7 cm³/mol. The Kier molecular flexibility index (Phi) is 4.95. The summed E-state index contributed by atoms with van der Waals surface area (Å²) < 4.78 is 1.18. The molecule has 0 aliphatic rings. The number of nitrogens with two attached hydrogens (primary N) is 1. The molecule has 18 heavy (non-hydrogen) atoms. The van der Waals surface area contributed by atoms with Gasteiger partial charge in [0.05, 0.1) is 3.79 Å². The van der Waals surface area contributed by atoms with Crippen molar-refractivity contribution in [3.63, 3.8) is 0 Å². The molecule has 4 heteroatoms. The van der Waals surface area contributed by atoms with Gasteiger partial charge in [-0.15, -0.1) is 11.3 Å². The van der Waals surface area contributed by atoms with E-state index in [0.717, 1.165) is 6.54 Å². The molecule has 0 radical (unpaired) electrons. The second-order valence-electron chi connectivity index (χ2n) is 4.34. The highest BCUT2D eigenvalue weighted by atomic mass is 79.9. The van der Waals surface area contributed by atoms with E-state index in [1.54, 1.807) is 11.3 Å². The van der Waals surface area contributed by atoms with Crippen LogP contribution >= 0.6 is 27.3 Å². The SMILES string of the molecule is CN(Cc1csc(Br)c1)C(CN)c1ccccc1. The maximum Gasteiger partial charge on any atom is 0.0701 e. The highest BCUT2D eigenvalue weighted by molar-refractivity contribution is 9.11. The lowest BCUT2D eigenvalue weighted by molar-refractivity contribution is 0.242. The fourth-order valence-corrected chi connectivity index (χ4v) is 3.27. The summed E-state index contributed by atoms with van der Waals surface area (Å²) in [6.07, 6.45) is 0. The van der Waals surface area contributed by atoms with Crippen molar-refractivity contribution in [3.8, 4) is 0 Å². The van der Waals surface area contributed by atoms with Crippen molar-refractivity contribution >= 4 is 27.3 Å². The van der Waals surface area contributed by atoms with Gasteiger partial charge in [0.15, 0.2) is 0 Å². The fourth-order valence-electron chi connectivity index (χ4n) is 2.07. The van der Waals surface area contributed by atoms with Crippen molar-refractivity contribution in [1.82, 2.24) is 4.90 Å². The second kappa shape index (κ2) is 6.48. The highest BCUT2D eigenvalue weighted by Crippen LogP contribution is 2.24. The Morgan fingerprint density at radius 2 is 2.06 bits per heavy atom. The average molecular weight is 325 g/mol. The molecule has 2 N–H and O–H groups in total. The summed E-state index contributed by atoms with van der Waals surface area (Å²) >= 11 is 5.22. The zero-order chi connectivity index (χ0) is 13.0. The molecule has 2 aromatic rings. The standard InChI is InChI=1S/C14H17BrN2S/c1-17(9-11-7-14(15)18-10-11)13(8-16)12-5-3-2-4-6-12/h2-7,10,13H,8-9,16H2,1H3. The van der Waals surface area contributed by atoms with Crippen LogP contribution in [0.4, 0.5) is 0 Å². The van der Waals surface area contributed by atoms with E-state index in [-0.39, 0.29) is 6.04 Å². The fraction of sp³-hybridized carbons (Fsp3) is 0.286. The van der Waals surface area contributed by atoms with Crippen molar-refractivity contribution in [2.24, 2.45) is 5.73 Å². The van der Waals surface area contributed by atoms with Gasteiger partial charge in [-0.3, -0.25) is 4.90 Å². The van der Waals surface area contributed by atoms with Gasteiger partial charge >= 0.3 is 0 Å². The van der Waals surface area contributed by atoms with Crippen molar-refractivity contribution in [3.05, 3.63) is 56.7 Å². The normalized spacial score (nSPS) is 12.9. The first-order valence-corrected chi connectivity index (χ1v) is 7.56. The Morgan fingerprint density at radius 3 is 2.61 bits per heavy atom. The van der Waals surface area contributed by atoms with Gasteiger partial charge in [0, 0.05) is 19.1 Å². The zero-order valence-electron chi connectivity index (χ0n) is 10.3. The van der Waals surface area contributed by atoms with Crippen molar-refractivity contribution in [2.75, 3.05) is 13.6 Å². The summed E-state index contributed by atoms with van der Waals surface area (Å²) in [5.41, 5.74) is 8.51. The number of rotatable bonds is 5. The first-order chi connectivity index (χ1) is 8.70. The number of nitrogens with zero attached hydrogens (tertiary/aromatic N) is 1. The second-order valence-corrected chi connectivity index (χ2v) is 6.63. The molecule has 96 valence electrons. The number of benzene rings is 1. The van der Waals surface area contributed by atoms with Gasteiger partial charge in [-0.25, -0.2) is 0 Å². The molecule has 0 aliphatic heterocycles. The molecule has 0 saturated carbocycles. The minimum atomic E-state index is 0.268. The number of halogens is 1. The molecule has 1 heterocycles. The van der Waals surface area contributed by atoms with Gasteiger partial charge in [0.1, 0.15) is 0 Å². The van der Waals surface area contributed by atoms with Gasteiger partial charge in [0.2, 0.25) is 0 Å². The van der Waals surface area contributed by atoms with Crippen molar-refractivity contribution in [2.45, 2.75) is 12.6 Å². The molecule has 0 fully saturated rings. The molecule has 1 aromatic carbocycles. The molecule has 1 aromatic heterocycles. The van der Waals surface area contributed by atoms with E-state index >= 15 is 0 Å². The summed E-state index contributed by atoms with van der Waals surface area (Å²) in [6, 6.07) is 12.9. The third kappa shape index (κ3) is 3.42. The van der Waals surface area contributed by atoms with Crippen LogP contribution in [-0.2, 0) is 6.54 Å². The lowest BCUT2D eigenvalue weighted by Crippen LogP contribution is -2.30. The molecule has 0 spiro atoms. The molecule has 1 unspecified atom stereocenters. The Bertz CT molecular complexity index is 484. The maximum atomic E-state index is 5.92. The molecular weight excluding hydrogens is 308 g/mol. The van der Waals surface area contributed by atoms with E-state index < -0.39 is 0 Å². The van der Waals surface area contributed by atoms with Crippen molar-refractivity contribution in [1.29, 1.82) is 0 Å². The van der Waals surface area contributed by atoms with Gasteiger partial charge in [-0.1, -0.05) is 30.3 Å². The first-order valence-electron chi connectivity index (χ1n) is 5.89. The van der Waals surface area contributed by atoms with Crippen LogP contribution in [0.5, 0.6) is 0 Å². The summed E-state index contributed by atoms with van der Waals surface area (Å²) in [4.78, 5) is 2.30. The maximum absolute atomic E-state index is 5.92. The largest absolute Gasteiger partial charge is 0.329 e. The zero-order valence-corrected chi connectivity index (χ0v) is 12.7. The van der Waals surface area contributed by atoms with Gasteiger partial charge < -0.3 is 5.73 Å². The first kappa shape index (κ1) is 13.7. The van der Waals surface area contributed by atoms with E-state index in [1.165, 1.54) is 14.9 Å². The molecule has 0 aliphatic carbocycles. The molecule has 2 rings (SSSR count). The minimum absolute atomic E-state index is 0.268. The van der Waals surface area contributed by atoms with Crippen molar-refractivity contribution < 1.29 is 0 Å². The van der Waals surface area contributed by atoms with Crippen LogP contribution in [0.25, 0.3) is 0 Å². The summed E-state index contributed by atoms with van der Waals surface area (Å²) in [7, 11) is 2.12. The minimum Gasteiger partial charge on any atom is -0.329 e. The highest BCUT2D eigenvalue weighted by Gasteiger charge is 2.15. The van der Waals surface area contributed by atoms with E-state index in [0.29, 0.717) is 6.54 Å². The molecular formula is C14H17BrN2S. The van der Waals surface area contributed by atoms with E-state index in [1.807, 2.05) is 6.07 Å². The third-order valence-corrected chi connectivity index (χ3v) is 4.55. The molecule has 0 saturated heterocycles. The number of likely N-dealkylation sites (N-methyl/N-ethyl adjacent to an activating group) is 1. The third-order valence-electron chi connectivity index (χ3n) is 2.99. The lowest BCUT2D eigenvalue weighted by atomic mass is 10.1. The summed E-state index contributed by atoms with van der Waals surface area (Å²) in [5, 5.41) is 2.18. The quantitative estimate of drug-likeness (QED) is 0.909. The molecule has 1 atom stereocenters. The monoisotopic (exact) mass is 324 g/mol. The van der Waals surface area contributed by atoms with Crippen LogP contribution in [-0.4, -0.2) is 18.5 Å². The van der Waals surface area contributed by atoms with Crippen LogP contribution in [0.1, 0.15) is 17.2 Å². The Labute approximate surface area is 121 Å². The number of hydrogen-bond donors (Lipinski definition) is 1. The lowest BCUT2D eigenvalue weighted by Gasteiger charge is -2.27. The Balaban J connectivity index is 2.08. The van der Waals surface area contributed by atoms with Crippen LogP contribution in [0.2, 0.25) is 0 Å². The number of thiophene rings is 1. The molecule has 0 amide bonds. The van der Waals surface area contributed by atoms with Gasteiger partial charge in [-0.05, 0) is 45.6 Å². The van der Waals surface area contributed by atoms with Crippen LogP contribution in [0, 0.1) is 0 Å². The average Bonchev–Trinajstić information content (AvgIpc) is 2.77. The smallest absolute Gasteiger partial charge is 0.0701 e. The van der Waals surface area contributed by atoms with E-state index in [9.17, 15) is 0 Å². The van der Waals surface area contributed by atoms with Crippen LogP contribution < -0.4 is 5.73 Å². The van der Waals surface area contributed by atoms with Gasteiger partial charge in [-0.2, -0.15) is 0 Å². The van der Waals surface area contributed by atoms with E-state index in [4.69, 9.17) is 5.73 Å². The predicted octanol–water partition coefficient (Wildman–Crippen LogP) is 3.64. The summed E-state index contributed by atoms with van der Waals surface area (Å²) in [6.45, 7) is 1.55. The van der Waals surface area contributed by atoms with E-state index in [2.05, 4.69) is 63.6 Å². The summed E-state index contributed by atoms with van der Waals surface area (Å²) in [5.74, 6) is 0. The van der Waals surface area contributed by atoms with Gasteiger partial charge in [0.25, 0.3) is 0 Å². The van der Waals surface area contributed by atoms with Crippen LogP contribution in [0.3, 0.4) is 0 Å². The molecule has 2 nitrogen and oxygen atoms in total.